The Labute approximate surface area is 130 Å². The molecule has 6 heteroatoms. The van der Waals surface area contributed by atoms with Crippen molar-refractivity contribution in [2.24, 2.45) is 0 Å². The van der Waals surface area contributed by atoms with Gasteiger partial charge in [-0.1, -0.05) is 30.3 Å². The van der Waals surface area contributed by atoms with Crippen molar-refractivity contribution in [3.05, 3.63) is 35.9 Å². The van der Waals surface area contributed by atoms with Crippen LogP contribution in [0, 0.1) is 0 Å². The fourth-order valence-corrected chi connectivity index (χ4v) is 1.66. The number of rotatable bonds is 3. The summed E-state index contributed by atoms with van der Waals surface area (Å²) >= 11 is 0. The second kappa shape index (κ2) is 9.73. The number of hydrogen-bond donors (Lipinski definition) is 1. The molecule has 1 aromatic carbocycles. The molecule has 0 fully saturated rings. The average Bonchev–Trinajstić information content (AvgIpc) is 2.07. The molecule has 0 radical (unpaired) electrons. The van der Waals surface area contributed by atoms with Gasteiger partial charge in [-0.15, -0.1) is 0 Å². The van der Waals surface area contributed by atoms with Crippen molar-refractivity contribution in [2.45, 2.75) is 5.78 Å². The molecule has 0 aromatic heterocycles. The molecule has 1 rings (SSSR count). The quantitative estimate of drug-likeness (QED) is 0.414. The molecule has 0 aliphatic heterocycles. The van der Waals surface area contributed by atoms with E-state index in [9.17, 15) is 9.79 Å². The molecule has 1 N–H and O–H groups in total. The van der Waals surface area contributed by atoms with Gasteiger partial charge < -0.3 is 15.1 Å². The van der Waals surface area contributed by atoms with Crippen molar-refractivity contribution >= 4 is 8.38 Å². The van der Waals surface area contributed by atoms with Crippen molar-refractivity contribution in [3.8, 4) is 0 Å². The zero-order valence-corrected chi connectivity index (χ0v) is 13.6. The Hall–Kier alpha value is 1.53. The maximum absolute atomic E-state index is 10.7. The zero-order valence-electron chi connectivity index (χ0n) is 8.73. The second-order valence-electron chi connectivity index (χ2n) is 2.39. The molecule has 3 nitrogen and oxygen atoms in total. The first-order valence-electron chi connectivity index (χ1n) is 3.61. The van der Waals surface area contributed by atoms with E-state index in [0.717, 1.165) is 5.56 Å². The molecule has 14 heavy (non-hydrogen) atoms. The zero-order chi connectivity index (χ0) is 8.97. The van der Waals surface area contributed by atoms with Crippen molar-refractivity contribution in [2.75, 3.05) is 7.05 Å². The summed E-state index contributed by atoms with van der Waals surface area (Å²) in [6, 6.07) is 9.06. The molecule has 1 atom stereocenters. The molecule has 1 unspecified atom stereocenters. The van der Waals surface area contributed by atoms with E-state index in [1.165, 1.54) is 0 Å². The maximum Gasteiger partial charge on any atom is 1.00 e. The monoisotopic (exact) mass is 229 g/mol. The Morgan fingerprint density at radius 1 is 1.14 bits per heavy atom. The Morgan fingerprint density at radius 3 is 2.00 bits per heavy atom. The molecule has 66 valence electrons. The van der Waals surface area contributed by atoms with Crippen LogP contribution in [0.2, 0.25) is 0 Å². The van der Waals surface area contributed by atoms with E-state index in [1.807, 2.05) is 18.2 Å². The van der Waals surface area contributed by atoms with Crippen molar-refractivity contribution in [3.63, 3.8) is 0 Å². The average molecular weight is 229 g/mol. The summed E-state index contributed by atoms with van der Waals surface area (Å²) < 4.78 is 0. The largest absolute Gasteiger partial charge is 1.00 e. The third kappa shape index (κ3) is 5.57. The summed E-state index contributed by atoms with van der Waals surface area (Å²) in [7, 11) is -0.824. The molecule has 0 heterocycles. The normalized spacial score (nSPS) is 11.4. The van der Waals surface area contributed by atoms with Gasteiger partial charge >= 0.3 is 59.1 Å². The van der Waals surface area contributed by atoms with E-state index >= 15 is 0 Å². The van der Waals surface area contributed by atoms with Crippen LogP contribution in [0.5, 0.6) is 0 Å². The van der Waals surface area contributed by atoms with Gasteiger partial charge in [0.15, 0.2) is 0 Å². The van der Waals surface area contributed by atoms with Gasteiger partial charge in [0, 0.05) is 5.78 Å². The number of nitrogens with one attached hydrogen (secondary N) is 1. The van der Waals surface area contributed by atoms with Gasteiger partial charge in [0.05, 0.1) is 0 Å². The fourth-order valence-electron chi connectivity index (χ4n) is 1.03. The molecule has 0 aliphatic carbocycles. The van der Waals surface area contributed by atoms with Crippen LogP contribution in [-0.2, 0) is 0 Å². The van der Waals surface area contributed by atoms with Crippen LogP contribution in [-0.4, -0.2) is 7.05 Å². The molecular weight excluding hydrogens is 219 g/mol. The summed E-state index contributed by atoms with van der Waals surface area (Å²) in [6.07, 6.45) is 0. The fraction of sp³-hybridized carbons (Fsp3) is 0.250. The van der Waals surface area contributed by atoms with Crippen LogP contribution < -0.4 is 74.2 Å². The first-order chi connectivity index (χ1) is 5.75. The minimum atomic E-state index is -2.45. The van der Waals surface area contributed by atoms with Gasteiger partial charge in [0.1, 0.15) is 0 Å². The predicted octanol–water partition coefficient (Wildman–Crippen LogP) is -6.05. The van der Waals surface area contributed by atoms with Crippen LogP contribution in [0.1, 0.15) is 11.3 Å². The first kappa shape index (κ1) is 17.9. The van der Waals surface area contributed by atoms with Crippen LogP contribution in [0.3, 0.4) is 0 Å². The van der Waals surface area contributed by atoms with Gasteiger partial charge in [0.2, 0.25) is 0 Å². The summed E-state index contributed by atoms with van der Waals surface area (Å²) in [5, 5.41) is 2.72. The van der Waals surface area contributed by atoms with Gasteiger partial charge in [-0.2, -0.15) is 0 Å². The molecular formula is C8H10NNa2O2P. The molecule has 0 bridgehead atoms. The SMILES string of the molecule is CNC(c1ccccc1)P([O-])[O-].[Na+].[Na+]. The summed E-state index contributed by atoms with van der Waals surface area (Å²) in [6.45, 7) is 0. The van der Waals surface area contributed by atoms with Crippen molar-refractivity contribution < 1.29 is 68.9 Å². The van der Waals surface area contributed by atoms with Crippen LogP contribution in [0.4, 0.5) is 0 Å². The van der Waals surface area contributed by atoms with Crippen molar-refractivity contribution in [1.29, 1.82) is 0 Å². The second-order valence-corrected chi connectivity index (χ2v) is 3.47. The van der Waals surface area contributed by atoms with E-state index in [1.54, 1.807) is 19.2 Å². The van der Waals surface area contributed by atoms with E-state index in [-0.39, 0.29) is 59.1 Å². The molecule has 0 amide bonds. The summed E-state index contributed by atoms with van der Waals surface area (Å²) in [4.78, 5) is 21.4. The minimum absolute atomic E-state index is 0. The van der Waals surface area contributed by atoms with E-state index < -0.39 is 14.2 Å². The molecule has 0 saturated carbocycles. The minimum Gasteiger partial charge on any atom is -0.840 e. The summed E-state index contributed by atoms with van der Waals surface area (Å²) in [5.41, 5.74) is 0.774. The Morgan fingerprint density at radius 2 is 1.64 bits per heavy atom. The maximum atomic E-state index is 10.7. The predicted molar refractivity (Wildman–Crippen MR) is 45.2 cm³/mol. The van der Waals surface area contributed by atoms with Crippen LogP contribution in [0.25, 0.3) is 0 Å². The Kier molecular flexibility index (Phi) is 12.5. The smallest absolute Gasteiger partial charge is 0.840 e. The first-order valence-corrected chi connectivity index (χ1v) is 4.86. The van der Waals surface area contributed by atoms with E-state index in [0.29, 0.717) is 0 Å². The topological polar surface area (TPSA) is 58.1 Å². The molecule has 0 spiro atoms. The number of hydrogen-bond acceptors (Lipinski definition) is 3. The van der Waals surface area contributed by atoms with Crippen LogP contribution >= 0.6 is 8.38 Å². The van der Waals surface area contributed by atoms with Gasteiger partial charge in [-0.05, 0) is 12.6 Å². The van der Waals surface area contributed by atoms with Gasteiger partial charge in [0.25, 0.3) is 0 Å². The van der Waals surface area contributed by atoms with Crippen molar-refractivity contribution in [1.82, 2.24) is 5.32 Å². The summed E-state index contributed by atoms with van der Waals surface area (Å²) in [5.74, 6) is -0.568. The standard InChI is InChI=1S/C8H10NO2P.2Na/c1-9-8(12(10)11)7-5-3-2-4-6-7;;/h2-6,8-9H,1H3;;/q-2;2*+1. The molecule has 1 aromatic rings. The third-order valence-electron chi connectivity index (χ3n) is 1.60. The third-order valence-corrected chi connectivity index (χ3v) is 2.58. The molecule has 0 aliphatic rings. The number of benzene rings is 1. The van der Waals surface area contributed by atoms with Gasteiger partial charge in [-0.3, -0.25) is 8.38 Å². The van der Waals surface area contributed by atoms with Gasteiger partial charge in [-0.25, -0.2) is 0 Å². The van der Waals surface area contributed by atoms with Crippen LogP contribution in [0.15, 0.2) is 30.3 Å². The van der Waals surface area contributed by atoms with E-state index in [2.05, 4.69) is 5.32 Å². The Bertz CT molecular complexity index is 236. The van der Waals surface area contributed by atoms with E-state index in [4.69, 9.17) is 0 Å². The Balaban J connectivity index is 0. The molecule has 0 saturated heterocycles.